The summed E-state index contributed by atoms with van der Waals surface area (Å²) in [4.78, 5) is 46.4. The first kappa shape index (κ1) is 49.4. The fourth-order valence-corrected chi connectivity index (χ4v) is 7.20. The third kappa shape index (κ3) is 13.8. The van der Waals surface area contributed by atoms with Gasteiger partial charge in [-0.25, -0.2) is 28.7 Å². The van der Waals surface area contributed by atoms with Crippen molar-refractivity contribution in [1.82, 2.24) is 29.7 Å². The largest absolute Gasteiger partial charge is 0.486 e. The Morgan fingerprint density at radius 3 is 1.46 bits per heavy atom. The molecule has 4 aromatic carbocycles. The molecule has 0 bridgehead atoms. The molecule has 0 spiro atoms. The van der Waals surface area contributed by atoms with Crippen LogP contribution >= 0.6 is 23.2 Å². The molecule has 2 unspecified atom stereocenters. The number of hydrogen-bond donors (Lipinski definition) is 4. The minimum Gasteiger partial charge on any atom is -0.486 e. The van der Waals surface area contributed by atoms with Gasteiger partial charge in [-0.1, -0.05) is 35.4 Å². The van der Waals surface area contributed by atoms with Gasteiger partial charge in [0.05, 0.1) is 58.9 Å². The van der Waals surface area contributed by atoms with E-state index in [0.717, 1.165) is 12.8 Å². The highest BCUT2D eigenvalue weighted by Crippen LogP contribution is 2.37. The molecule has 2 atom stereocenters. The quantitative estimate of drug-likeness (QED) is 0.0677. The minimum absolute atomic E-state index is 0.00436. The standard InChI is InChI=1S/2C24H25ClFN5O3/c2*1-31(2)8-3-4-23(32)30-21-11-17-20(12-22(21)34-16-7-9-33-13-16)27-14-28-24(17)29-15-5-6-19(26)18(25)10-15/h2*3-6,10-12,14,16H,7-9,13H2,1-2H3,(H,30,32)(H,27,28,29). The van der Waals surface area contributed by atoms with Gasteiger partial charge in [-0.2, -0.15) is 0 Å². The van der Waals surface area contributed by atoms with Crippen LogP contribution in [-0.4, -0.2) is 121 Å². The molecule has 2 amide bonds. The average Bonchev–Trinajstić information content (AvgIpc) is 4.02. The Kier molecular flexibility index (Phi) is 17.0. The number of carbonyl (C=O) groups excluding carboxylic acids is 2. The Morgan fingerprint density at radius 1 is 0.662 bits per heavy atom. The molecule has 2 aliphatic heterocycles. The first-order valence-electron chi connectivity index (χ1n) is 21.5. The van der Waals surface area contributed by atoms with E-state index < -0.39 is 11.6 Å². The molecular formula is C48H50Cl2F2N10O6. The van der Waals surface area contributed by atoms with Crippen LogP contribution in [0.25, 0.3) is 21.8 Å². The summed E-state index contributed by atoms with van der Waals surface area (Å²) >= 11 is 11.8. The molecule has 68 heavy (non-hydrogen) atoms. The van der Waals surface area contributed by atoms with E-state index in [1.54, 1.807) is 48.6 Å². The Labute approximate surface area is 401 Å². The summed E-state index contributed by atoms with van der Waals surface area (Å²) in [5, 5.41) is 13.3. The monoisotopic (exact) mass is 970 g/mol. The molecule has 2 aromatic heterocycles. The second-order valence-electron chi connectivity index (χ2n) is 16.2. The van der Waals surface area contributed by atoms with Crippen molar-refractivity contribution in [2.75, 3.05) is 89.0 Å². The molecule has 356 valence electrons. The summed E-state index contributed by atoms with van der Waals surface area (Å²) in [5.41, 5.74) is 3.31. The van der Waals surface area contributed by atoms with Crippen molar-refractivity contribution >= 4 is 91.2 Å². The fraction of sp³-hybridized carbons (Fsp3) is 0.292. The van der Waals surface area contributed by atoms with Crippen LogP contribution in [0.2, 0.25) is 10.0 Å². The first-order chi connectivity index (χ1) is 32.8. The molecule has 0 saturated carbocycles. The SMILES string of the molecule is CN(C)CC=CC(=O)Nc1cc2c(Nc3ccc(F)c(Cl)c3)ncnc2cc1OC1CCOC1.CN(C)CC=CC(=O)Nc1cc2c(Nc3ccc(F)c(Cl)c3)ncnc2cc1OC1CCOC1. The van der Waals surface area contributed by atoms with Crippen molar-refractivity contribution in [1.29, 1.82) is 0 Å². The van der Waals surface area contributed by atoms with Gasteiger partial charge in [0, 0.05) is 72.4 Å². The van der Waals surface area contributed by atoms with Crippen molar-refractivity contribution < 1.29 is 37.3 Å². The number of carbonyl (C=O) groups is 2. The van der Waals surface area contributed by atoms with Gasteiger partial charge in [0.15, 0.2) is 0 Å². The van der Waals surface area contributed by atoms with Crippen molar-refractivity contribution in [3.63, 3.8) is 0 Å². The molecule has 16 nitrogen and oxygen atoms in total. The molecule has 0 aliphatic carbocycles. The summed E-state index contributed by atoms with van der Waals surface area (Å²) in [6.45, 7) is 3.49. The second kappa shape index (κ2) is 23.5. The Balaban J connectivity index is 0.000000201. The molecule has 4 N–H and O–H groups in total. The van der Waals surface area contributed by atoms with E-state index in [2.05, 4.69) is 41.2 Å². The van der Waals surface area contributed by atoms with Crippen molar-refractivity contribution in [2.24, 2.45) is 0 Å². The number of nitrogens with zero attached hydrogens (tertiary/aromatic N) is 6. The van der Waals surface area contributed by atoms with E-state index in [0.29, 0.717) is 107 Å². The topological polar surface area (TPSA) is 177 Å². The lowest BCUT2D eigenvalue weighted by molar-refractivity contribution is -0.112. The summed E-state index contributed by atoms with van der Waals surface area (Å²) in [6, 6.07) is 15.6. The number of benzene rings is 4. The van der Waals surface area contributed by atoms with E-state index in [1.165, 1.54) is 49.1 Å². The number of hydrogen-bond acceptors (Lipinski definition) is 14. The molecule has 2 fully saturated rings. The fourth-order valence-electron chi connectivity index (χ4n) is 6.84. The van der Waals surface area contributed by atoms with Crippen LogP contribution in [0.4, 0.5) is 43.2 Å². The lowest BCUT2D eigenvalue weighted by Gasteiger charge is -2.17. The highest BCUT2D eigenvalue weighted by Gasteiger charge is 2.23. The Bertz CT molecular complexity index is 2620. The lowest BCUT2D eigenvalue weighted by Crippen LogP contribution is -2.18. The maximum Gasteiger partial charge on any atom is 0.248 e. The molecule has 4 heterocycles. The van der Waals surface area contributed by atoms with Crippen LogP contribution in [0.15, 0.2) is 97.6 Å². The van der Waals surface area contributed by atoms with E-state index in [9.17, 15) is 18.4 Å². The number of rotatable bonds is 16. The van der Waals surface area contributed by atoms with Gasteiger partial charge in [0.25, 0.3) is 0 Å². The molecule has 8 rings (SSSR count). The second-order valence-corrected chi connectivity index (χ2v) is 17.0. The average molecular weight is 972 g/mol. The van der Waals surface area contributed by atoms with E-state index >= 15 is 0 Å². The Hall–Kier alpha value is -6.54. The van der Waals surface area contributed by atoms with Gasteiger partial charge >= 0.3 is 0 Å². The summed E-state index contributed by atoms with van der Waals surface area (Å²) in [5.74, 6) is 0.341. The summed E-state index contributed by atoms with van der Waals surface area (Å²) < 4.78 is 50.2. The number of halogens is 4. The van der Waals surface area contributed by atoms with Crippen LogP contribution in [-0.2, 0) is 19.1 Å². The summed E-state index contributed by atoms with van der Waals surface area (Å²) in [6.07, 6.45) is 10.6. The molecule has 20 heteroatoms. The maximum absolute atomic E-state index is 13.6. The molecular weight excluding hydrogens is 921 g/mol. The van der Waals surface area contributed by atoms with Gasteiger partial charge in [0.2, 0.25) is 11.8 Å². The molecule has 0 radical (unpaired) electrons. The van der Waals surface area contributed by atoms with E-state index in [4.69, 9.17) is 42.1 Å². The zero-order valence-corrected chi connectivity index (χ0v) is 39.2. The number of likely N-dealkylation sites (N-methyl/N-ethyl adjacent to an activating group) is 2. The predicted octanol–water partition coefficient (Wildman–Crippen LogP) is 8.78. The number of fused-ring (bicyclic) bond motifs is 2. The van der Waals surface area contributed by atoms with Gasteiger partial charge < -0.3 is 50.0 Å². The Morgan fingerprint density at radius 2 is 1.09 bits per heavy atom. The highest BCUT2D eigenvalue weighted by molar-refractivity contribution is 6.31. The molecule has 2 aliphatic rings. The van der Waals surface area contributed by atoms with Crippen molar-refractivity contribution in [3.8, 4) is 11.5 Å². The minimum atomic E-state index is -0.509. The van der Waals surface area contributed by atoms with Crippen LogP contribution in [0.3, 0.4) is 0 Å². The van der Waals surface area contributed by atoms with Gasteiger partial charge in [-0.05, 0) is 76.7 Å². The third-order valence-electron chi connectivity index (χ3n) is 10.2. The van der Waals surface area contributed by atoms with Gasteiger partial charge in [-0.15, -0.1) is 0 Å². The third-order valence-corrected chi connectivity index (χ3v) is 10.8. The van der Waals surface area contributed by atoms with Crippen LogP contribution in [0.5, 0.6) is 11.5 Å². The predicted molar refractivity (Wildman–Crippen MR) is 261 cm³/mol. The smallest absolute Gasteiger partial charge is 0.248 e. The number of nitrogens with one attached hydrogen (secondary N) is 4. The van der Waals surface area contributed by atoms with Crippen molar-refractivity contribution in [2.45, 2.75) is 25.0 Å². The van der Waals surface area contributed by atoms with E-state index in [1.807, 2.05) is 38.0 Å². The molecule has 2 saturated heterocycles. The number of ether oxygens (including phenoxy) is 4. The maximum atomic E-state index is 13.6. The lowest BCUT2D eigenvalue weighted by atomic mass is 10.1. The van der Waals surface area contributed by atoms with Crippen LogP contribution in [0.1, 0.15) is 12.8 Å². The van der Waals surface area contributed by atoms with Crippen molar-refractivity contribution in [3.05, 3.63) is 119 Å². The van der Waals surface area contributed by atoms with Gasteiger partial charge in [0.1, 0.15) is 59.6 Å². The summed E-state index contributed by atoms with van der Waals surface area (Å²) in [7, 11) is 7.68. The van der Waals surface area contributed by atoms with E-state index in [-0.39, 0.29) is 34.1 Å². The normalized spacial score (nSPS) is 15.9. The number of amides is 2. The van der Waals surface area contributed by atoms with Crippen LogP contribution in [0, 0.1) is 11.6 Å². The highest BCUT2D eigenvalue weighted by atomic mass is 35.5. The zero-order chi connectivity index (χ0) is 48.2. The zero-order valence-electron chi connectivity index (χ0n) is 37.7. The van der Waals surface area contributed by atoms with Crippen LogP contribution < -0.4 is 30.7 Å². The molecule has 6 aromatic rings. The number of aromatic nitrogens is 4. The number of anilines is 6. The first-order valence-corrected chi connectivity index (χ1v) is 22.3. The van der Waals surface area contributed by atoms with Gasteiger partial charge in [-0.3, -0.25) is 9.59 Å².